The molecular formula is C16H26N2O2. The summed E-state index contributed by atoms with van der Waals surface area (Å²) >= 11 is 0. The van der Waals surface area contributed by atoms with Crippen LogP contribution in [0.5, 0.6) is 11.5 Å². The number of anilines is 1. The summed E-state index contributed by atoms with van der Waals surface area (Å²) in [5, 5.41) is 3.63. The predicted molar refractivity (Wildman–Crippen MR) is 83.1 cm³/mol. The molecule has 2 rings (SSSR count). The Morgan fingerprint density at radius 1 is 1.15 bits per heavy atom. The molecule has 1 atom stereocenters. The van der Waals surface area contributed by atoms with Crippen molar-refractivity contribution in [1.29, 1.82) is 0 Å². The standard InChI is InChI=1S/C16H26N2O2/c1-12(2)17-13-6-5-7-18(11-13)14-8-15(19-3)10-16(9-14)20-4/h8-10,12-13,17H,5-7,11H2,1-4H3. The summed E-state index contributed by atoms with van der Waals surface area (Å²) in [5.41, 5.74) is 1.18. The summed E-state index contributed by atoms with van der Waals surface area (Å²) < 4.78 is 10.7. The lowest BCUT2D eigenvalue weighted by Gasteiger charge is -2.36. The van der Waals surface area contributed by atoms with Gasteiger partial charge in [-0.1, -0.05) is 13.8 Å². The van der Waals surface area contributed by atoms with Crippen LogP contribution in [-0.4, -0.2) is 39.4 Å². The number of benzene rings is 1. The maximum absolute atomic E-state index is 5.36. The van der Waals surface area contributed by atoms with Gasteiger partial charge in [0.2, 0.25) is 0 Å². The number of nitrogens with zero attached hydrogens (tertiary/aromatic N) is 1. The van der Waals surface area contributed by atoms with Gasteiger partial charge >= 0.3 is 0 Å². The minimum Gasteiger partial charge on any atom is -0.497 e. The van der Waals surface area contributed by atoms with Crippen LogP contribution in [0.4, 0.5) is 5.69 Å². The maximum atomic E-state index is 5.36. The molecule has 4 heteroatoms. The van der Waals surface area contributed by atoms with Gasteiger partial charge in [0.25, 0.3) is 0 Å². The van der Waals surface area contributed by atoms with Crippen LogP contribution in [0.3, 0.4) is 0 Å². The Kier molecular flexibility index (Phi) is 5.12. The Labute approximate surface area is 122 Å². The number of nitrogens with one attached hydrogen (secondary N) is 1. The average Bonchev–Trinajstić information content (AvgIpc) is 2.46. The largest absolute Gasteiger partial charge is 0.497 e. The Hall–Kier alpha value is -1.42. The highest BCUT2D eigenvalue weighted by molar-refractivity contribution is 5.56. The van der Waals surface area contributed by atoms with E-state index >= 15 is 0 Å². The van der Waals surface area contributed by atoms with Crippen molar-refractivity contribution in [3.63, 3.8) is 0 Å². The van der Waals surface area contributed by atoms with Crippen LogP contribution in [0, 0.1) is 0 Å². The summed E-state index contributed by atoms with van der Waals surface area (Å²) in [6.45, 7) is 6.53. The summed E-state index contributed by atoms with van der Waals surface area (Å²) in [6.07, 6.45) is 2.46. The highest BCUT2D eigenvalue weighted by atomic mass is 16.5. The predicted octanol–water partition coefficient (Wildman–Crippen LogP) is 2.67. The smallest absolute Gasteiger partial charge is 0.124 e. The zero-order chi connectivity index (χ0) is 14.5. The van der Waals surface area contributed by atoms with E-state index in [9.17, 15) is 0 Å². The first-order valence-corrected chi connectivity index (χ1v) is 7.36. The minimum absolute atomic E-state index is 0.528. The van der Waals surface area contributed by atoms with Gasteiger partial charge < -0.3 is 19.7 Å². The zero-order valence-corrected chi connectivity index (χ0v) is 13.0. The van der Waals surface area contributed by atoms with Crippen LogP contribution in [0.25, 0.3) is 0 Å². The molecule has 1 aromatic carbocycles. The molecule has 0 aliphatic carbocycles. The van der Waals surface area contributed by atoms with Gasteiger partial charge in [-0.25, -0.2) is 0 Å². The molecule has 112 valence electrons. The second-order valence-electron chi connectivity index (χ2n) is 5.68. The molecule has 0 radical (unpaired) electrons. The SMILES string of the molecule is COc1cc(OC)cc(N2CCCC(NC(C)C)C2)c1. The highest BCUT2D eigenvalue weighted by Crippen LogP contribution is 2.30. The summed E-state index contributed by atoms with van der Waals surface area (Å²) in [4.78, 5) is 2.41. The molecule has 4 nitrogen and oxygen atoms in total. The first-order chi connectivity index (χ1) is 9.62. The van der Waals surface area contributed by atoms with Gasteiger partial charge in [0.05, 0.1) is 14.2 Å². The monoisotopic (exact) mass is 278 g/mol. The van der Waals surface area contributed by atoms with Crippen LogP contribution in [-0.2, 0) is 0 Å². The van der Waals surface area contributed by atoms with Gasteiger partial charge in [0, 0.05) is 49.1 Å². The van der Waals surface area contributed by atoms with E-state index in [0.29, 0.717) is 12.1 Å². The molecule has 1 aliphatic heterocycles. The van der Waals surface area contributed by atoms with Gasteiger partial charge in [-0.2, -0.15) is 0 Å². The first kappa shape index (κ1) is 15.0. The molecule has 0 amide bonds. The van der Waals surface area contributed by atoms with E-state index in [1.54, 1.807) is 14.2 Å². The molecule has 1 unspecified atom stereocenters. The lowest BCUT2D eigenvalue weighted by molar-refractivity contribution is 0.387. The van der Waals surface area contributed by atoms with Crippen LogP contribution in [0.1, 0.15) is 26.7 Å². The molecule has 1 saturated heterocycles. The fourth-order valence-electron chi connectivity index (χ4n) is 2.79. The topological polar surface area (TPSA) is 33.7 Å². The van der Waals surface area contributed by atoms with Gasteiger partial charge in [0.15, 0.2) is 0 Å². The van der Waals surface area contributed by atoms with Gasteiger partial charge in [-0.15, -0.1) is 0 Å². The first-order valence-electron chi connectivity index (χ1n) is 7.36. The van der Waals surface area contributed by atoms with Crippen molar-refractivity contribution in [2.75, 3.05) is 32.2 Å². The Morgan fingerprint density at radius 2 is 1.80 bits per heavy atom. The fraction of sp³-hybridized carbons (Fsp3) is 0.625. The van der Waals surface area contributed by atoms with E-state index < -0.39 is 0 Å². The molecule has 0 saturated carbocycles. The second-order valence-corrected chi connectivity index (χ2v) is 5.68. The van der Waals surface area contributed by atoms with Crippen molar-refractivity contribution in [1.82, 2.24) is 5.32 Å². The third-order valence-electron chi connectivity index (χ3n) is 3.69. The Balaban J connectivity index is 2.13. The molecular weight excluding hydrogens is 252 g/mol. The Bertz CT molecular complexity index is 412. The summed E-state index contributed by atoms with van der Waals surface area (Å²) in [6, 6.07) is 7.17. The quantitative estimate of drug-likeness (QED) is 0.898. The normalized spacial score (nSPS) is 19.2. The minimum atomic E-state index is 0.528. The van der Waals surface area contributed by atoms with Gasteiger partial charge in [-0.3, -0.25) is 0 Å². The lowest BCUT2D eigenvalue weighted by atomic mass is 10.0. The third kappa shape index (κ3) is 3.79. The molecule has 1 aliphatic rings. The van der Waals surface area contributed by atoms with Crippen molar-refractivity contribution in [3.8, 4) is 11.5 Å². The van der Waals surface area contributed by atoms with E-state index in [1.165, 1.54) is 18.5 Å². The van der Waals surface area contributed by atoms with E-state index in [0.717, 1.165) is 24.6 Å². The number of methoxy groups -OCH3 is 2. The van der Waals surface area contributed by atoms with Crippen molar-refractivity contribution < 1.29 is 9.47 Å². The maximum Gasteiger partial charge on any atom is 0.124 e. The molecule has 1 heterocycles. The molecule has 1 fully saturated rings. The number of hydrogen-bond donors (Lipinski definition) is 1. The van der Waals surface area contributed by atoms with Gasteiger partial charge in [0.1, 0.15) is 11.5 Å². The molecule has 0 bridgehead atoms. The molecule has 1 aromatic rings. The van der Waals surface area contributed by atoms with Crippen molar-refractivity contribution in [2.24, 2.45) is 0 Å². The average molecular weight is 278 g/mol. The number of rotatable bonds is 5. The second kappa shape index (κ2) is 6.84. The number of piperidine rings is 1. The van der Waals surface area contributed by atoms with Crippen LogP contribution < -0.4 is 19.7 Å². The van der Waals surface area contributed by atoms with Crippen molar-refractivity contribution in [3.05, 3.63) is 18.2 Å². The molecule has 1 N–H and O–H groups in total. The molecule has 0 aromatic heterocycles. The van der Waals surface area contributed by atoms with Crippen molar-refractivity contribution in [2.45, 2.75) is 38.8 Å². The number of ether oxygens (including phenoxy) is 2. The van der Waals surface area contributed by atoms with Crippen molar-refractivity contribution >= 4 is 5.69 Å². The lowest BCUT2D eigenvalue weighted by Crippen LogP contribution is -2.47. The Morgan fingerprint density at radius 3 is 2.35 bits per heavy atom. The van der Waals surface area contributed by atoms with E-state index in [2.05, 4.69) is 36.2 Å². The summed E-state index contributed by atoms with van der Waals surface area (Å²) in [7, 11) is 3.38. The van der Waals surface area contributed by atoms with E-state index in [-0.39, 0.29) is 0 Å². The summed E-state index contributed by atoms with van der Waals surface area (Å²) in [5.74, 6) is 1.69. The fourth-order valence-corrected chi connectivity index (χ4v) is 2.79. The zero-order valence-electron chi connectivity index (χ0n) is 13.0. The van der Waals surface area contributed by atoms with E-state index in [4.69, 9.17) is 9.47 Å². The highest BCUT2D eigenvalue weighted by Gasteiger charge is 2.21. The van der Waals surface area contributed by atoms with Crippen LogP contribution in [0.2, 0.25) is 0 Å². The van der Waals surface area contributed by atoms with Crippen LogP contribution >= 0.6 is 0 Å². The molecule has 0 spiro atoms. The van der Waals surface area contributed by atoms with Crippen LogP contribution in [0.15, 0.2) is 18.2 Å². The van der Waals surface area contributed by atoms with E-state index in [1.807, 2.05) is 6.07 Å². The number of hydrogen-bond acceptors (Lipinski definition) is 4. The molecule has 20 heavy (non-hydrogen) atoms. The third-order valence-corrected chi connectivity index (χ3v) is 3.69. The van der Waals surface area contributed by atoms with Gasteiger partial charge in [-0.05, 0) is 12.8 Å².